The number of benzene rings is 3. The standard InChI is InChI=1S/C27H30N2O/c1-27(2,3)22-11-7-10-21(16-22)26(30)29-23-14-12-20(13-15-23)24-17-25(24)28-18-19-8-5-4-6-9-19/h4-16,24-25,28H,17-18H2,1-3H3,(H,29,30). The highest BCUT2D eigenvalue weighted by molar-refractivity contribution is 6.04. The summed E-state index contributed by atoms with van der Waals surface area (Å²) in [6.45, 7) is 7.37. The molecule has 0 bridgehead atoms. The van der Waals surface area contributed by atoms with Gasteiger partial charge in [-0.2, -0.15) is 0 Å². The molecule has 3 aromatic carbocycles. The highest BCUT2D eigenvalue weighted by atomic mass is 16.1. The van der Waals surface area contributed by atoms with Crippen molar-refractivity contribution in [2.24, 2.45) is 0 Å². The lowest BCUT2D eigenvalue weighted by Crippen LogP contribution is -2.17. The zero-order valence-electron chi connectivity index (χ0n) is 18.0. The molecule has 3 heteroatoms. The second-order valence-corrected chi connectivity index (χ2v) is 9.22. The van der Waals surface area contributed by atoms with Crippen molar-refractivity contribution in [3.8, 4) is 0 Å². The molecule has 154 valence electrons. The smallest absolute Gasteiger partial charge is 0.255 e. The van der Waals surface area contributed by atoms with Crippen LogP contribution in [0.1, 0.15) is 60.2 Å². The van der Waals surface area contributed by atoms with Gasteiger partial charge in [-0.25, -0.2) is 0 Å². The van der Waals surface area contributed by atoms with Crippen LogP contribution in [0.5, 0.6) is 0 Å². The molecule has 2 N–H and O–H groups in total. The van der Waals surface area contributed by atoms with Gasteiger partial charge in [0, 0.05) is 29.8 Å². The van der Waals surface area contributed by atoms with E-state index in [4.69, 9.17) is 0 Å². The van der Waals surface area contributed by atoms with E-state index in [2.05, 4.69) is 73.9 Å². The minimum absolute atomic E-state index is 0.0211. The first kappa shape index (κ1) is 20.4. The Morgan fingerprint density at radius 3 is 2.37 bits per heavy atom. The van der Waals surface area contributed by atoms with Gasteiger partial charge in [0.2, 0.25) is 0 Å². The van der Waals surface area contributed by atoms with Crippen molar-refractivity contribution >= 4 is 11.6 Å². The fraction of sp³-hybridized carbons (Fsp3) is 0.296. The van der Waals surface area contributed by atoms with Gasteiger partial charge in [0.25, 0.3) is 5.91 Å². The van der Waals surface area contributed by atoms with Gasteiger partial charge in [-0.05, 0) is 52.8 Å². The van der Waals surface area contributed by atoms with Crippen molar-refractivity contribution < 1.29 is 4.79 Å². The topological polar surface area (TPSA) is 41.1 Å². The molecule has 0 heterocycles. The SMILES string of the molecule is CC(C)(C)c1cccc(C(=O)Nc2ccc(C3CC3NCc3ccccc3)cc2)c1. The molecule has 0 saturated heterocycles. The Morgan fingerprint density at radius 2 is 1.67 bits per heavy atom. The van der Waals surface area contributed by atoms with Crippen LogP contribution in [0.2, 0.25) is 0 Å². The number of hydrogen-bond acceptors (Lipinski definition) is 2. The van der Waals surface area contributed by atoms with Gasteiger partial charge in [-0.3, -0.25) is 4.79 Å². The van der Waals surface area contributed by atoms with E-state index in [1.165, 1.54) is 11.1 Å². The first-order chi connectivity index (χ1) is 14.4. The summed E-state index contributed by atoms with van der Waals surface area (Å²) in [5, 5.41) is 6.66. The van der Waals surface area contributed by atoms with E-state index in [1.54, 1.807) is 0 Å². The molecule has 0 radical (unpaired) electrons. The van der Waals surface area contributed by atoms with Crippen LogP contribution in [0.15, 0.2) is 78.9 Å². The van der Waals surface area contributed by atoms with Crippen LogP contribution in [0, 0.1) is 0 Å². The predicted molar refractivity (Wildman–Crippen MR) is 124 cm³/mol. The highest BCUT2D eigenvalue weighted by Gasteiger charge is 2.37. The monoisotopic (exact) mass is 398 g/mol. The Kier molecular flexibility index (Phi) is 5.74. The summed E-state index contributed by atoms with van der Waals surface area (Å²) in [5.74, 6) is 0.490. The fourth-order valence-electron chi connectivity index (χ4n) is 3.78. The molecule has 0 aromatic heterocycles. The first-order valence-electron chi connectivity index (χ1n) is 10.7. The van der Waals surface area contributed by atoms with E-state index >= 15 is 0 Å². The van der Waals surface area contributed by atoms with E-state index in [-0.39, 0.29) is 11.3 Å². The molecule has 2 unspecified atom stereocenters. The van der Waals surface area contributed by atoms with Crippen LogP contribution < -0.4 is 10.6 Å². The fourth-order valence-corrected chi connectivity index (χ4v) is 3.78. The third kappa shape index (κ3) is 4.98. The Hall–Kier alpha value is -2.91. The molecule has 0 aliphatic heterocycles. The summed E-state index contributed by atoms with van der Waals surface area (Å²) in [7, 11) is 0. The molecule has 3 aromatic rings. The molecule has 3 nitrogen and oxygen atoms in total. The van der Waals surface area contributed by atoms with Crippen molar-refractivity contribution in [1.82, 2.24) is 5.32 Å². The molecular weight excluding hydrogens is 368 g/mol. The number of carbonyl (C=O) groups is 1. The number of carbonyl (C=O) groups excluding carboxylic acids is 1. The normalized spacial score (nSPS) is 18.1. The van der Waals surface area contributed by atoms with Crippen LogP contribution in [-0.2, 0) is 12.0 Å². The lowest BCUT2D eigenvalue weighted by atomic mass is 9.86. The van der Waals surface area contributed by atoms with Crippen molar-refractivity contribution in [1.29, 1.82) is 0 Å². The molecule has 4 rings (SSSR count). The molecule has 1 aliphatic rings. The Labute approximate surface area is 179 Å². The summed E-state index contributed by atoms with van der Waals surface area (Å²) in [5.41, 5.74) is 5.35. The lowest BCUT2D eigenvalue weighted by Gasteiger charge is -2.19. The van der Waals surface area contributed by atoms with Crippen LogP contribution in [0.4, 0.5) is 5.69 Å². The van der Waals surface area contributed by atoms with E-state index in [9.17, 15) is 4.79 Å². The highest BCUT2D eigenvalue weighted by Crippen LogP contribution is 2.41. The number of amides is 1. The minimum atomic E-state index is -0.0670. The molecule has 30 heavy (non-hydrogen) atoms. The second-order valence-electron chi connectivity index (χ2n) is 9.22. The average molecular weight is 399 g/mol. The number of rotatable bonds is 6. The third-order valence-corrected chi connectivity index (χ3v) is 5.79. The van der Waals surface area contributed by atoms with Crippen LogP contribution >= 0.6 is 0 Å². The van der Waals surface area contributed by atoms with Gasteiger partial charge in [-0.1, -0.05) is 75.4 Å². The molecule has 1 amide bonds. The van der Waals surface area contributed by atoms with Crippen molar-refractivity contribution in [2.45, 2.75) is 51.1 Å². The van der Waals surface area contributed by atoms with Gasteiger partial charge >= 0.3 is 0 Å². The molecular formula is C27H30N2O. The number of nitrogens with one attached hydrogen (secondary N) is 2. The van der Waals surface area contributed by atoms with Crippen LogP contribution in [0.25, 0.3) is 0 Å². The number of hydrogen-bond donors (Lipinski definition) is 2. The summed E-state index contributed by atoms with van der Waals surface area (Å²) in [6, 6.07) is 27.2. The predicted octanol–water partition coefficient (Wildman–Crippen LogP) is 5.88. The number of anilines is 1. The summed E-state index contributed by atoms with van der Waals surface area (Å²) in [4.78, 5) is 12.7. The Bertz CT molecular complexity index is 1000. The van der Waals surface area contributed by atoms with E-state index < -0.39 is 0 Å². The van der Waals surface area contributed by atoms with E-state index in [1.807, 2.05) is 36.4 Å². The molecule has 1 aliphatic carbocycles. The van der Waals surface area contributed by atoms with Crippen molar-refractivity contribution in [3.05, 3.63) is 101 Å². The minimum Gasteiger partial charge on any atom is -0.322 e. The summed E-state index contributed by atoms with van der Waals surface area (Å²) >= 11 is 0. The molecule has 1 saturated carbocycles. The Balaban J connectivity index is 1.33. The van der Waals surface area contributed by atoms with E-state index in [0.717, 1.165) is 24.2 Å². The molecule has 2 atom stereocenters. The van der Waals surface area contributed by atoms with Gasteiger partial charge in [-0.15, -0.1) is 0 Å². The average Bonchev–Trinajstić information content (AvgIpc) is 3.53. The second kappa shape index (κ2) is 8.45. The van der Waals surface area contributed by atoms with Gasteiger partial charge < -0.3 is 10.6 Å². The van der Waals surface area contributed by atoms with E-state index in [0.29, 0.717) is 17.5 Å². The van der Waals surface area contributed by atoms with Crippen LogP contribution in [0.3, 0.4) is 0 Å². The van der Waals surface area contributed by atoms with Crippen molar-refractivity contribution in [3.63, 3.8) is 0 Å². The maximum absolute atomic E-state index is 12.7. The Morgan fingerprint density at radius 1 is 0.933 bits per heavy atom. The zero-order valence-corrected chi connectivity index (χ0v) is 18.0. The maximum Gasteiger partial charge on any atom is 0.255 e. The molecule has 0 spiro atoms. The largest absolute Gasteiger partial charge is 0.322 e. The maximum atomic E-state index is 12.7. The van der Waals surface area contributed by atoms with Gasteiger partial charge in [0.15, 0.2) is 0 Å². The summed E-state index contributed by atoms with van der Waals surface area (Å²) < 4.78 is 0. The summed E-state index contributed by atoms with van der Waals surface area (Å²) in [6.07, 6.45) is 1.16. The third-order valence-electron chi connectivity index (χ3n) is 5.79. The lowest BCUT2D eigenvalue weighted by molar-refractivity contribution is 0.102. The zero-order chi connectivity index (χ0) is 21.1. The quantitative estimate of drug-likeness (QED) is 0.544. The van der Waals surface area contributed by atoms with Crippen LogP contribution in [-0.4, -0.2) is 11.9 Å². The van der Waals surface area contributed by atoms with Crippen molar-refractivity contribution in [2.75, 3.05) is 5.32 Å². The molecule has 1 fully saturated rings. The van der Waals surface area contributed by atoms with Gasteiger partial charge in [0.05, 0.1) is 0 Å². The van der Waals surface area contributed by atoms with Gasteiger partial charge in [0.1, 0.15) is 0 Å². The first-order valence-corrected chi connectivity index (χ1v) is 10.7.